The molecule has 0 unspecified atom stereocenters. The Balaban J connectivity index is 1.78. The van der Waals surface area contributed by atoms with Gasteiger partial charge in [-0.2, -0.15) is 8.78 Å². The molecule has 1 aliphatic rings. The zero-order valence-electron chi connectivity index (χ0n) is 13.9. The van der Waals surface area contributed by atoms with Crippen LogP contribution in [0, 0.1) is 0 Å². The van der Waals surface area contributed by atoms with Crippen LogP contribution in [0.5, 0.6) is 0 Å². The van der Waals surface area contributed by atoms with Crippen molar-refractivity contribution in [2.45, 2.75) is 17.1 Å². The van der Waals surface area contributed by atoms with Crippen LogP contribution < -0.4 is 9.62 Å². The average Bonchev–Trinajstić information content (AvgIpc) is 2.96. The lowest BCUT2D eigenvalue weighted by Gasteiger charge is -2.18. The summed E-state index contributed by atoms with van der Waals surface area (Å²) in [7, 11) is -3.35. The molecule has 0 atom stereocenters. The highest BCUT2D eigenvalue weighted by molar-refractivity contribution is 7.99. The second-order valence-electron chi connectivity index (χ2n) is 5.76. The number of benzene rings is 2. The molecule has 0 aromatic heterocycles. The van der Waals surface area contributed by atoms with E-state index in [1.165, 1.54) is 40.7 Å². The van der Waals surface area contributed by atoms with Gasteiger partial charge in [0.1, 0.15) is 0 Å². The number of sulfonamides is 1. The Labute approximate surface area is 164 Å². The lowest BCUT2D eigenvalue weighted by molar-refractivity contribution is 0.102. The van der Waals surface area contributed by atoms with Crippen LogP contribution in [-0.2, 0) is 10.0 Å². The number of nitrogens with one attached hydrogen (secondary N) is 1. The van der Waals surface area contributed by atoms with E-state index in [0.29, 0.717) is 35.3 Å². The molecule has 1 aliphatic heterocycles. The minimum atomic E-state index is -3.35. The van der Waals surface area contributed by atoms with E-state index in [1.807, 2.05) is 0 Å². The maximum Gasteiger partial charge on any atom is 0.288 e. The standard InChI is InChI=1S/C17H15ClF2N2O3S2/c18-14-7-4-12(22-8-1-9-27(22,24)25)10-15(14)21-16(23)11-2-5-13(6-3-11)26-17(19)20/h2-7,10,17H,1,8-9H2,(H,21,23). The smallest absolute Gasteiger partial charge is 0.288 e. The first-order valence-corrected chi connectivity index (χ1v) is 10.8. The summed E-state index contributed by atoms with van der Waals surface area (Å²) in [6.45, 7) is 0.376. The predicted molar refractivity (Wildman–Crippen MR) is 103 cm³/mol. The molecule has 0 saturated carbocycles. The van der Waals surface area contributed by atoms with Gasteiger partial charge in [0.2, 0.25) is 10.0 Å². The highest BCUT2D eigenvalue weighted by atomic mass is 35.5. The molecule has 3 rings (SSSR count). The van der Waals surface area contributed by atoms with Gasteiger partial charge >= 0.3 is 0 Å². The third-order valence-corrected chi connectivity index (χ3v) is 6.85. The van der Waals surface area contributed by atoms with Crippen LogP contribution in [0.25, 0.3) is 0 Å². The highest BCUT2D eigenvalue weighted by Gasteiger charge is 2.28. The molecular formula is C17H15ClF2N2O3S2. The molecule has 2 aromatic carbocycles. The number of halogens is 3. The van der Waals surface area contributed by atoms with E-state index in [4.69, 9.17) is 11.6 Å². The van der Waals surface area contributed by atoms with Crippen molar-refractivity contribution in [1.82, 2.24) is 0 Å². The lowest BCUT2D eigenvalue weighted by Crippen LogP contribution is -2.25. The number of anilines is 2. The maximum absolute atomic E-state index is 12.4. The van der Waals surface area contributed by atoms with Gasteiger partial charge in [-0.1, -0.05) is 23.4 Å². The van der Waals surface area contributed by atoms with Crippen LogP contribution >= 0.6 is 23.4 Å². The molecule has 0 aliphatic carbocycles. The van der Waals surface area contributed by atoms with Crippen molar-refractivity contribution < 1.29 is 22.0 Å². The first kappa shape index (κ1) is 19.9. The Kier molecular flexibility index (Phi) is 5.92. The number of amides is 1. The van der Waals surface area contributed by atoms with Gasteiger partial charge in [-0.25, -0.2) is 8.42 Å². The largest absolute Gasteiger partial charge is 0.321 e. The van der Waals surface area contributed by atoms with Gasteiger partial charge in [-0.15, -0.1) is 0 Å². The normalized spacial score (nSPS) is 15.9. The number of carbonyl (C=O) groups excluding carboxylic acids is 1. The molecule has 144 valence electrons. The maximum atomic E-state index is 12.4. The Morgan fingerprint density at radius 3 is 2.48 bits per heavy atom. The van der Waals surface area contributed by atoms with E-state index < -0.39 is 21.7 Å². The number of hydrogen-bond acceptors (Lipinski definition) is 4. The average molecular weight is 433 g/mol. The van der Waals surface area contributed by atoms with Gasteiger partial charge in [-0.3, -0.25) is 9.10 Å². The van der Waals surface area contributed by atoms with Gasteiger partial charge in [0.25, 0.3) is 11.7 Å². The van der Waals surface area contributed by atoms with E-state index in [-0.39, 0.29) is 22.0 Å². The Morgan fingerprint density at radius 1 is 1.19 bits per heavy atom. The van der Waals surface area contributed by atoms with Crippen LogP contribution in [0.3, 0.4) is 0 Å². The minimum absolute atomic E-state index is 0.0836. The third kappa shape index (κ3) is 4.72. The van der Waals surface area contributed by atoms with E-state index in [9.17, 15) is 22.0 Å². The van der Waals surface area contributed by atoms with Gasteiger partial charge in [-0.05, 0) is 48.9 Å². The van der Waals surface area contributed by atoms with Gasteiger partial charge in [0.05, 0.1) is 22.2 Å². The Bertz CT molecular complexity index is 953. The number of alkyl halides is 2. The van der Waals surface area contributed by atoms with Crippen molar-refractivity contribution in [3.8, 4) is 0 Å². The summed E-state index contributed by atoms with van der Waals surface area (Å²) < 4.78 is 50.1. The van der Waals surface area contributed by atoms with E-state index in [0.717, 1.165) is 0 Å². The molecule has 1 fully saturated rings. The van der Waals surface area contributed by atoms with Gasteiger partial charge < -0.3 is 5.32 Å². The minimum Gasteiger partial charge on any atom is -0.321 e. The summed E-state index contributed by atoms with van der Waals surface area (Å²) in [6, 6.07) is 10.3. The molecule has 1 N–H and O–H groups in total. The predicted octanol–water partition coefficient (Wildman–Crippen LogP) is 4.45. The zero-order chi connectivity index (χ0) is 19.6. The van der Waals surface area contributed by atoms with Crippen LogP contribution in [0.1, 0.15) is 16.8 Å². The fourth-order valence-electron chi connectivity index (χ4n) is 2.68. The Morgan fingerprint density at radius 2 is 1.89 bits per heavy atom. The van der Waals surface area contributed by atoms with Gasteiger partial charge in [0, 0.05) is 17.0 Å². The summed E-state index contributed by atoms with van der Waals surface area (Å²) in [5, 5.41) is 2.89. The molecular weight excluding hydrogens is 418 g/mol. The zero-order valence-corrected chi connectivity index (χ0v) is 16.3. The summed E-state index contributed by atoms with van der Waals surface area (Å²) >= 11 is 6.51. The molecule has 10 heteroatoms. The molecule has 0 bridgehead atoms. The van der Waals surface area contributed by atoms with Crippen molar-refractivity contribution in [1.29, 1.82) is 0 Å². The number of rotatable bonds is 5. The first-order chi connectivity index (χ1) is 12.8. The van der Waals surface area contributed by atoms with Crippen molar-refractivity contribution in [3.05, 3.63) is 53.1 Å². The molecule has 5 nitrogen and oxygen atoms in total. The molecule has 0 radical (unpaired) electrons. The van der Waals surface area contributed by atoms with Crippen molar-refractivity contribution in [2.24, 2.45) is 0 Å². The van der Waals surface area contributed by atoms with Crippen LogP contribution in [-0.4, -0.2) is 32.4 Å². The number of hydrogen-bond donors (Lipinski definition) is 1. The summed E-state index contributed by atoms with van der Waals surface area (Å²) in [4.78, 5) is 12.8. The highest BCUT2D eigenvalue weighted by Crippen LogP contribution is 2.31. The third-order valence-electron chi connectivity index (χ3n) is 3.93. The first-order valence-electron chi connectivity index (χ1n) is 7.92. The molecule has 0 spiro atoms. The molecule has 1 heterocycles. The van der Waals surface area contributed by atoms with E-state index >= 15 is 0 Å². The van der Waals surface area contributed by atoms with Crippen LogP contribution in [0.4, 0.5) is 20.2 Å². The van der Waals surface area contributed by atoms with E-state index in [1.54, 1.807) is 6.07 Å². The SMILES string of the molecule is O=C(Nc1cc(N2CCCS2(=O)=O)ccc1Cl)c1ccc(SC(F)F)cc1. The number of thioether (sulfide) groups is 1. The number of carbonyl (C=O) groups is 1. The Hall–Kier alpha value is -1.84. The van der Waals surface area contributed by atoms with Crippen LogP contribution in [0.15, 0.2) is 47.4 Å². The molecule has 27 heavy (non-hydrogen) atoms. The number of nitrogens with zero attached hydrogens (tertiary/aromatic N) is 1. The lowest BCUT2D eigenvalue weighted by atomic mass is 10.2. The molecule has 2 aromatic rings. The van der Waals surface area contributed by atoms with Gasteiger partial charge in [0.15, 0.2) is 0 Å². The molecule has 1 saturated heterocycles. The monoisotopic (exact) mass is 432 g/mol. The molecule has 1 amide bonds. The quantitative estimate of drug-likeness (QED) is 0.709. The summed E-state index contributed by atoms with van der Waals surface area (Å²) in [5.74, 6) is -2.93. The second-order valence-corrected chi connectivity index (χ2v) is 9.25. The van der Waals surface area contributed by atoms with Crippen molar-refractivity contribution in [2.75, 3.05) is 21.9 Å². The van der Waals surface area contributed by atoms with Crippen LogP contribution in [0.2, 0.25) is 5.02 Å². The fourth-order valence-corrected chi connectivity index (χ4v) is 4.90. The second kappa shape index (κ2) is 8.04. The van der Waals surface area contributed by atoms with Crippen molar-refractivity contribution >= 4 is 50.7 Å². The summed E-state index contributed by atoms with van der Waals surface area (Å²) in [6.07, 6.45) is 0.537. The summed E-state index contributed by atoms with van der Waals surface area (Å²) in [5.41, 5.74) is 0.965. The topological polar surface area (TPSA) is 66.5 Å². The van der Waals surface area contributed by atoms with E-state index in [2.05, 4.69) is 5.32 Å². The fraction of sp³-hybridized carbons (Fsp3) is 0.235. The van der Waals surface area contributed by atoms with Crippen molar-refractivity contribution in [3.63, 3.8) is 0 Å².